The fourth-order valence-electron chi connectivity index (χ4n) is 1.67. The van der Waals surface area contributed by atoms with Crippen LogP contribution in [0.5, 0.6) is 0 Å². The summed E-state index contributed by atoms with van der Waals surface area (Å²) in [5, 5.41) is 11.6. The van der Waals surface area contributed by atoms with E-state index in [-0.39, 0.29) is 12.3 Å². The van der Waals surface area contributed by atoms with E-state index in [0.29, 0.717) is 18.5 Å². The van der Waals surface area contributed by atoms with Crippen LogP contribution in [0.2, 0.25) is 0 Å². The Labute approximate surface area is 105 Å². The molecule has 0 saturated heterocycles. The van der Waals surface area contributed by atoms with E-state index in [1.54, 1.807) is 24.3 Å². The molecule has 1 aliphatic rings. The Hall–Kier alpha value is -2.35. The third kappa shape index (κ3) is 2.48. The van der Waals surface area contributed by atoms with Gasteiger partial charge in [0.15, 0.2) is 0 Å². The first kappa shape index (κ1) is 12.1. The summed E-state index contributed by atoms with van der Waals surface area (Å²) in [5.74, 6) is -0.652. The molecule has 5 heteroatoms. The highest BCUT2D eigenvalue weighted by Gasteiger charge is 2.50. The van der Waals surface area contributed by atoms with E-state index in [0.717, 1.165) is 5.56 Å². The molecule has 2 rings (SSSR count). The van der Waals surface area contributed by atoms with Gasteiger partial charge < -0.3 is 11.1 Å². The maximum atomic E-state index is 11.8. The molecule has 0 radical (unpaired) electrons. The highest BCUT2D eigenvalue weighted by Crippen LogP contribution is 2.45. The van der Waals surface area contributed by atoms with Gasteiger partial charge in [0, 0.05) is 5.69 Å². The van der Waals surface area contributed by atoms with Gasteiger partial charge in [-0.15, -0.1) is 0 Å². The molecule has 1 aromatic carbocycles. The molecule has 2 amide bonds. The minimum Gasteiger partial charge on any atom is -0.369 e. The predicted molar refractivity (Wildman–Crippen MR) is 65.3 cm³/mol. The van der Waals surface area contributed by atoms with Crippen molar-refractivity contribution in [3.63, 3.8) is 0 Å². The Bertz CT molecular complexity index is 524. The zero-order chi connectivity index (χ0) is 13.2. The van der Waals surface area contributed by atoms with Crippen molar-refractivity contribution in [2.75, 3.05) is 5.32 Å². The van der Waals surface area contributed by atoms with Crippen LogP contribution in [0.1, 0.15) is 18.4 Å². The highest BCUT2D eigenvalue weighted by atomic mass is 16.2. The van der Waals surface area contributed by atoms with Crippen LogP contribution in [0.3, 0.4) is 0 Å². The summed E-state index contributed by atoms with van der Waals surface area (Å²) in [7, 11) is 0. The third-order valence-electron chi connectivity index (χ3n) is 2.99. The summed E-state index contributed by atoms with van der Waals surface area (Å²) in [6.07, 6.45) is 1.42. The molecule has 0 heterocycles. The molecule has 0 aromatic heterocycles. The standard InChI is InChI=1S/C13H13N3O2/c14-8-13(5-6-13)12(18)16-10-3-1-9(2-4-10)7-11(15)17/h1-4H,5-7H2,(H2,15,17)(H,16,18). The van der Waals surface area contributed by atoms with E-state index >= 15 is 0 Å². The Morgan fingerprint density at radius 2 is 1.94 bits per heavy atom. The SMILES string of the molecule is N#CC1(C(=O)Nc2ccc(CC(N)=O)cc2)CC1. The van der Waals surface area contributed by atoms with Crippen molar-refractivity contribution in [3.05, 3.63) is 29.8 Å². The molecule has 1 fully saturated rings. The fourth-order valence-corrected chi connectivity index (χ4v) is 1.67. The lowest BCUT2D eigenvalue weighted by atomic mass is 10.1. The van der Waals surface area contributed by atoms with Gasteiger partial charge in [0.2, 0.25) is 11.8 Å². The molecule has 3 N–H and O–H groups in total. The lowest BCUT2D eigenvalue weighted by molar-refractivity contribution is -0.119. The summed E-state index contributed by atoms with van der Waals surface area (Å²) in [4.78, 5) is 22.5. The number of primary amides is 1. The van der Waals surface area contributed by atoms with Crippen LogP contribution in [0.25, 0.3) is 0 Å². The summed E-state index contributed by atoms with van der Waals surface area (Å²) >= 11 is 0. The van der Waals surface area contributed by atoms with Crippen LogP contribution in [-0.2, 0) is 16.0 Å². The summed E-state index contributed by atoms with van der Waals surface area (Å²) in [6.45, 7) is 0. The first-order valence-corrected chi connectivity index (χ1v) is 5.66. The number of amides is 2. The van der Waals surface area contributed by atoms with Crippen LogP contribution in [0, 0.1) is 16.7 Å². The number of hydrogen-bond acceptors (Lipinski definition) is 3. The van der Waals surface area contributed by atoms with Crippen LogP contribution in [-0.4, -0.2) is 11.8 Å². The molecule has 1 saturated carbocycles. The molecular formula is C13H13N3O2. The lowest BCUT2D eigenvalue weighted by Gasteiger charge is -2.08. The van der Waals surface area contributed by atoms with Crippen molar-refractivity contribution < 1.29 is 9.59 Å². The topological polar surface area (TPSA) is 96.0 Å². The molecule has 18 heavy (non-hydrogen) atoms. The average molecular weight is 243 g/mol. The van der Waals surface area contributed by atoms with Gasteiger partial charge in [0.1, 0.15) is 5.41 Å². The predicted octanol–water partition coefficient (Wildman–Crippen LogP) is 0.957. The van der Waals surface area contributed by atoms with E-state index in [2.05, 4.69) is 5.32 Å². The van der Waals surface area contributed by atoms with E-state index in [1.807, 2.05) is 6.07 Å². The van der Waals surface area contributed by atoms with Gasteiger partial charge in [0.25, 0.3) is 0 Å². The molecule has 1 aromatic rings. The number of carbonyl (C=O) groups excluding carboxylic acids is 2. The van der Waals surface area contributed by atoms with E-state index in [9.17, 15) is 9.59 Å². The minimum atomic E-state index is -0.827. The van der Waals surface area contributed by atoms with Crippen molar-refractivity contribution in [2.45, 2.75) is 19.3 Å². The van der Waals surface area contributed by atoms with Gasteiger partial charge in [-0.1, -0.05) is 12.1 Å². The second-order valence-electron chi connectivity index (χ2n) is 4.49. The zero-order valence-corrected chi connectivity index (χ0v) is 9.77. The van der Waals surface area contributed by atoms with Crippen molar-refractivity contribution in [3.8, 4) is 6.07 Å². The number of rotatable bonds is 4. The summed E-state index contributed by atoms with van der Waals surface area (Å²) in [5.41, 5.74) is 5.67. The van der Waals surface area contributed by atoms with E-state index in [4.69, 9.17) is 11.0 Å². The van der Waals surface area contributed by atoms with Gasteiger partial charge in [-0.3, -0.25) is 9.59 Å². The van der Waals surface area contributed by atoms with Crippen molar-refractivity contribution >= 4 is 17.5 Å². The molecule has 0 unspecified atom stereocenters. The Morgan fingerprint density at radius 3 is 2.39 bits per heavy atom. The molecule has 1 aliphatic carbocycles. The Morgan fingerprint density at radius 1 is 1.33 bits per heavy atom. The smallest absolute Gasteiger partial charge is 0.244 e. The molecule has 0 atom stereocenters. The number of nitriles is 1. The van der Waals surface area contributed by atoms with Gasteiger partial charge in [0.05, 0.1) is 12.5 Å². The zero-order valence-electron chi connectivity index (χ0n) is 9.77. The second-order valence-corrected chi connectivity index (χ2v) is 4.49. The summed E-state index contributed by atoms with van der Waals surface area (Å²) < 4.78 is 0. The molecular weight excluding hydrogens is 230 g/mol. The number of nitrogens with two attached hydrogens (primary N) is 1. The molecule has 92 valence electrons. The molecule has 0 bridgehead atoms. The van der Waals surface area contributed by atoms with Crippen LogP contribution in [0.4, 0.5) is 5.69 Å². The average Bonchev–Trinajstić information content (AvgIpc) is 3.12. The molecule has 0 aliphatic heterocycles. The van der Waals surface area contributed by atoms with Crippen molar-refractivity contribution in [1.82, 2.24) is 0 Å². The van der Waals surface area contributed by atoms with Crippen LogP contribution in [0.15, 0.2) is 24.3 Å². The minimum absolute atomic E-state index is 0.177. The maximum absolute atomic E-state index is 11.8. The quantitative estimate of drug-likeness (QED) is 0.824. The number of nitrogens with one attached hydrogen (secondary N) is 1. The monoisotopic (exact) mass is 243 g/mol. The first-order chi connectivity index (χ1) is 8.55. The van der Waals surface area contributed by atoms with Crippen molar-refractivity contribution in [1.29, 1.82) is 5.26 Å². The van der Waals surface area contributed by atoms with E-state index < -0.39 is 11.3 Å². The Balaban J connectivity index is 2.01. The lowest BCUT2D eigenvalue weighted by Crippen LogP contribution is -2.22. The number of hydrogen-bond donors (Lipinski definition) is 2. The largest absolute Gasteiger partial charge is 0.369 e. The first-order valence-electron chi connectivity index (χ1n) is 5.66. The number of anilines is 1. The number of carbonyl (C=O) groups is 2. The molecule has 5 nitrogen and oxygen atoms in total. The molecule has 0 spiro atoms. The Kier molecular flexibility index (Phi) is 3.02. The second kappa shape index (κ2) is 4.49. The van der Waals surface area contributed by atoms with Crippen molar-refractivity contribution in [2.24, 2.45) is 11.1 Å². The number of benzene rings is 1. The highest BCUT2D eigenvalue weighted by molar-refractivity contribution is 5.99. The van der Waals surface area contributed by atoms with Gasteiger partial charge in [-0.25, -0.2) is 0 Å². The van der Waals surface area contributed by atoms with Crippen LogP contribution < -0.4 is 11.1 Å². The maximum Gasteiger partial charge on any atom is 0.244 e. The fraction of sp³-hybridized carbons (Fsp3) is 0.308. The summed E-state index contributed by atoms with van der Waals surface area (Å²) in [6, 6.07) is 8.89. The van der Waals surface area contributed by atoms with Gasteiger partial charge in [-0.05, 0) is 30.5 Å². The van der Waals surface area contributed by atoms with E-state index in [1.165, 1.54) is 0 Å². The van der Waals surface area contributed by atoms with Crippen LogP contribution >= 0.6 is 0 Å². The van der Waals surface area contributed by atoms with Gasteiger partial charge >= 0.3 is 0 Å². The number of nitrogens with zero attached hydrogens (tertiary/aromatic N) is 1. The third-order valence-corrected chi connectivity index (χ3v) is 2.99. The van der Waals surface area contributed by atoms with Gasteiger partial charge in [-0.2, -0.15) is 5.26 Å². The normalized spacial score (nSPS) is 15.5.